The van der Waals surface area contributed by atoms with Crippen molar-refractivity contribution in [3.8, 4) is 0 Å². The van der Waals surface area contributed by atoms with Gasteiger partial charge in [0, 0.05) is 28.8 Å². The van der Waals surface area contributed by atoms with Crippen LogP contribution in [0.25, 0.3) is 5.65 Å². The van der Waals surface area contributed by atoms with Crippen LogP contribution < -0.4 is 5.32 Å². The number of nitrogens with zero attached hydrogens (tertiary/aromatic N) is 3. The third kappa shape index (κ3) is 2.46. The first kappa shape index (κ1) is 12.5. The molecule has 0 aliphatic carbocycles. The zero-order chi connectivity index (χ0) is 13.2. The minimum Gasteiger partial charge on any atom is -0.372 e. The molecule has 0 amide bonds. The van der Waals surface area contributed by atoms with Gasteiger partial charge in [0.2, 0.25) is 0 Å². The van der Waals surface area contributed by atoms with E-state index in [1.165, 1.54) is 0 Å². The molecular formula is C13H11BrN4S. The largest absolute Gasteiger partial charge is 0.372 e. The molecular weight excluding hydrogens is 324 g/mol. The normalized spacial score (nSPS) is 10.8. The quantitative estimate of drug-likeness (QED) is 0.793. The third-order valence-electron chi connectivity index (χ3n) is 2.64. The van der Waals surface area contributed by atoms with Crippen LogP contribution in [-0.4, -0.2) is 21.4 Å². The van der Waals surface area contributed by atoms with Gasteiger partial charge in [-0.25, -0.2) is 9.97 Å². The summed E-state index contributed by atoms with van der Waals surface area (Å²) in [6.45, 7) is 0. The number of hydrogen-bond acceptors (Lipinski definition) is 4. The number of benzene rings is 1. The van der Waals surface area contributed by atoms with E-state index in [0.717, 1.165) is 25.9 Å². The van der Waals surface area contributed by atoms with Gasteiger partial charge in [-0.15, -0.1) is 0 Å². The Morgan fingerprint density at radius 1 is 1.32 bits per heavy atom. The van der Waals surface area contributed by atoms with Gasteiger partial charge in [-0.2, -0.15) is 0 Å². The number of hydrogen-bond donors (Lipinski definition) is 1. The third-order valence-corrected chi connectivity index (χ3v) is 4.64. The number of fused-ring (bicyclic) bond motifs is 1. The lowest BCUT2D eigenvalue weighted by Crippen LogP contribution is -1.98. The fraction of sp³-hybridized carbons (Fsp3) is 0.0769. The molecule has 0 spiro atoms. The predicted octanol–water partition coefficient (Wildman–Crippen LogP) is 3.68. The lowest BCUT2D eigenvalue weighted by atomic mass is 10.4. The second-order valence-corrected chi connectivity index (χ2v) is 5.76. The van der Waals surface area contributed by atoms with Gasteiger partial charge >= 0.3 is 0 Å². The van der Waals surface area contributed by atoms with Crippen LogP contribution in [-0.2, 0) is 0 Å². The van der Waals surface area contributed by atoms with Crippen molar-refractivity contribution in [2.75, 3.05) is 12.4 Å². The molecule has 0 aliphatic heterocycles. The van der Waals surface area contributed by atoms with E-state index in [2.05, 4.69) is 37.3 Å². The molecule has 3 aromatic rings. The summed E-state index contributed by atoms with van der Waals surface area (Å²) >= 11 is 5.15. The van der Waals surface area contributed by atoms with Crippen LogP contribution >= 0.6 is 27.7 Å². The molecule has 0 radical (unpaired) electrons. The molecule has 19 heavy (non-hydrogen) atoms. The Balaban J connectivity index is 2.09. The SMILES string of the molecule is CNc1cn2ccnc2c(Sc2ccccc2Br)n1. The molecule has 96 valence electrons. The first-order valence-electron chi connectivity index (χ1n) is 5.72. The van der Waals surface area contributed by atoms with Crippen molar-refractivity contribution in [2.24, 2.45) is 0 Å². The summed E-state index contributed by atoms with van der Waals surface area (Å²) in [5, 5.41) is 3.94. The van der Waals surface area contributed by atoms with Gasteiger partial charge in [0.15, 0.2) is 5.65 Å². The number of anilines is 1. The van der Waals surface area contributed by atoms with Crippen LogP contribution in [0, 0.1) is 0 Å². The number of nitrogens with one attached hydrogen (secondary N) is 1. The fourth-order valence-electron chi connectivity index (χ4n) is 1.72. The second kappa shape index (κ2) is 5.22. The lowest BCUT2D eigenvalue weighted by Gasteiger charge is -2.07. The molecule has 0 bridgehead atoms. The van der Waals surface area contributed by atoms with Crippen LogP contribution in [0.3, 0.4) is 0 Å². The molecule has 3 rings (SSSR count). The van der Waals surface area contributed by atoms with Gasteiger partial charge in [-0.3, -0.25) is 0 Å². The first-order chi connectivity index (χ1) is 9.28. The van der Waals surface area contributed by atoms with Crippen LogP contribution in [0.4, 0.5) is 5.82 Å². The second-order valence-electron chi connectivity index (χ2n) is 3.87. The van der Waals surface area contributed by atoms with Gasteiger partial charge in [0.1, 0.15) is 10.8 Å². The van der Waals surface area contributed by atoms with Crippen molar-refractivity contribution in [2.45, 2.75) is 9.92 Å². The monoisotopic (exact) mass is 334 g/mol. The van der Waals surface area contributed by atoms with E-state index in [1.54, 1.807) is 18.0 Å². The van der Waals surface area contributed by atoms with Crippen LogP contribution in [0.15, 0.2) is 57.3 Å². The molecule has 0 fully saturated rings. The summed E-state index contributed by atoms with van der Waals surface area (Å²) < 4.78 is 3.03. The Hall–Kier alpha value is -1.53. The van der Waals surface area contributed by atoms with Crippen molar-refractivity contribution >= 4 is 39.2 Å². The Labute approximate surface area is 123 Å². The zero-order valence-corrected chi connectivity index (χ0v) is 12.6. The Kier molecular flexibility index (Phi) is 3.44. The van der Waals surface area contributed by atoms with Crippen molar-refractivity contribution in [3.05, 3.63) is 47.3 Å². The van der Waals surface area contributed by atoms with E-state index in [9.17, 15) is 0 Å². The van der Waals surface area contributed by atoms with Crippen LogP contribution in [0.1, 0.15) is 0 Å². The summed E-state index contributed by atoms with van der Waals surface area (Å²) in [7, 11) is 1.86. The minimum absolute atomic E-state index is 0.819. The lowest BCUT2D eigenvalue weighted by molar-refractivity contribution is 1.03. The van der Waals surface area contributed by atoms with Gasteiger partial charge in [0.05, 0.1) is 6.20 Å². The first-order valence-corrected chi connectivity index (χ1v) is 7.33. The van der Waals surface area contributed by atoms with Crippen molar-refractivity contribution in [3.63, 3.8) is 0 Å². The maximum atomic E-state index is 4.58. The summed E-state index contributed by atoms with van der Waals surface area (Å²) in [5.41, 5.74) is 0.861. The molecule has 0 saturated carbocycles. The summed E-state index contributed by atoms with van der Waals surface area (Å²) in [6.07, 6.45) is 5.62. The summed E-state index contributed by atoms with van der Waals surface area (Å²) in [6, 6.07) is 8.09. The van der Waals surface area contributed by atoms with E-state index in [1.807, 2.05) is 42.0 Å². The van der Waals surface area contributed by atoms with Gasteiger partial charge in [-0.1, -0.05) is 23.9 Å². The zero-order valence-electron chi connectivity index (χ0n) is 10.2. The van der Waals surface area contributed by atoms with E-state index >= 15 is 0 Å². The summed E-state index contributed by atoms with van der Waals surface area (Å²) in [5.74, 6) is 0.819. The van der Waals surface area contributed by atoms with Gasteiger partial charge in [0.25, 0.3) is 0 Å². The van der Waals surface area contributed by atoms with Gasteiger partial charge in [-0.05, 0) is 28.1 Å². The number of rotatable bonds is 3. The predicted molar refractivity (Wildman–Crippen MR) is 80.8 cm³/mol. The molecule has 0 saturated heterocycles. The topological polar surface area (TPSA) is 42.2 Å². The Morgan fingerprint density at radius 3 is 2.95 bits per heavy atom. The highest BCUT2D eigenvalue weighted by Crippen LogP contribution is 2.34. The van der Waals surface area contributed by atoms with E-state index in [0.29, 0.717) is 0 Å². The molecule has 1 aromatic carbocycles. The molecule has 1 N–H and O–H groups in total. The van der Waals surface area contributed by atoms with E-state index < -0.39 is 0 Å². The standard InChI is InChI=1S/C13H11BrN4S/c1-15-11-8-18-7-6-16-12(18)13(17-11)19-10-5-3-2-4-9(10)14/h2-8,15H,1H3. The minimum atomic E-state index is 0.819. The molecule has 0 aliphatic rings. The van der Waals surface area contributed by atoms with E-state index in [4.69, 9.17) is 0 Å². The summed E-state index contributed by atoms with van der Waals surface area (Å²) in [4.78, 5) is 10.1. The molecule has 0 unspecified atom stereocenters. The van der Waals surface area contributed by atoms with Gasteiger partial charge < -0.3 is 9.72 Å². The average Bonchev–Trinajstić information content (AvgIpc) is 2.89. The Morgan fingerprint density at radius 2 is 2.16 bits per heavy atom. The highest BCUT2D eigenvalue weighted by atomic mass is 79.9. The highest BCUT2D eigenvalue weighted by Gasteiger charge is 2.10. The molecule has 4 nitrogen and oxygen atoms in total. The molecule has 2 heterocycles. The molecule has 0 atom stereocenters. The average molecular weight is 335 g/mol. The van der Waals surface area contributed by atoms with Crippen LogP contribution in [0.5, 0.6) is 0 Å². The van der Waals surface area contributed by atoms with E-state index in [-0.39, 0.29) is 0 Å². The fourth-order valence-corrected chi connectivity index (χ4v) is 3.16. The maximum Gasteiger partial charge on any atom is 0.170 e. The number of halogens is 1. The number of aromatic nitrogens is 3. The van der Waals surface area contributed by atoms with Crippen molar-refractivity contribution in [1.82, 2.24) is 14.4 Å². The molecule has 6 heteroatoms. The maximum absolute atomic E-state index is 4.58. The van der Waals surface area contributed by atoms with Crippen LogP contribution in [0.2, 0.25) is 0 Å². The van der Waals surface area contributed by atoms with Crippen molar-refractivity contribution in [1.29, 1.82) is 0 Å². The smallest absolute Gasteiger partial charge is 0.170 e. The van der Waals surface area contributed by atoms with Crippen molar-refractivity contribution < 1.29 is 0 Å². The number of imidazole rings is 1. The molecule has 2 aromatic heterocycles. The highest BCUT2D eigenvalue weighted by molar-refractivity contribution is 9.10. The Bertz CT molecular complexity index is 725.